The van der Waals surface area contributed by atoms with E-state index in [2.05, 4.69) is 19.2 Å². The van der Waals surface area contributed by atoms with E-state index in [1.807, 2.05) is 24.3 Å². The SMILES string of the molecule is CCCCCC1(CCCCC)O[C@@H]2[C@H]3ON(Cc4ccc(C=CC(=O)N(C)C)cc4)[C@H]4C(=O)OC(CC34C(=O)N3CCC[C@@H]3C(=O)NCCO)[C@@H]2O1. The number of hydrogen-bond acceptors (Lipinski definition) is 10. The zero-order valence-corrected chi connectivity index (χ0v) is 31.1. The van der Waals surface area contributed by atoms with E-state index < -0.39 is 53.7 Å². The van der Waals surface area contributed by atoms with Crippen molar-refractivity contribution in [3.63, 3.8) is 0 Å². The van der Waals surface area contributed by atoms with Crippen LogP contribution in [0.3, 0.4) is 0 Å². The zero-order valence-electron chi connectivity index (χ0n) is 31.1. The largest absolute Gasteiger partial charge is 0.458 e. The number of likely N-dealkylation sites (tertiary alicyclic amines) is 1. The Morgan fingerprint density at radius 3 is 2.37 bits per heavy atom. The second kappa shape index (κ2) is 16.3. The number of benzene rings is 1. The average molecular weight is 725 g/mol. The molecule has 4 aliphatic heterocycles. The summed E-state index contributed by atoms with van der Waals surface area (Å²) < 4.78 is 20.1. The molecule has 286 valence electrons. The van der Waals surface area contributed by atoms with Gasteiger partial charge in [-0.15, -0.1) is 0 Å². The maximum atomic E-state index is 15.2. The van der Waals surface area contributed by atoms with Gasteiger partial charge in [0.1, 0.15) is 35.9 Å². The minimum atomic E-state index is -1.37. The van der Waals surface area contributed by atoms with Crippen LogP contribution in [0, 0.1) is 5.41 Å². The van der Waals surface area contributed by atoms with Gasteiger partial charge in [-0.1, -0.05) is 63.8 Å². The number of carbonyl (C=O) groups is 4. The van der Waals surface area contributed by atoms with Gasteiger partial charge in [0.25, 0.3) is 0 Å². The lowest BCUT2D eigenvalue weighted by Gasteiger charge is -2.50. The highest BCUT2D eigenvalue weighted by molar-refractivity contribution is 5.96. The molecule has 1 aromatic rings. The van der Waals surface area contributed by atoms with Gasteiger partial charge in [-0.2, -0.15) is 5.06 Å². The van der Waals surface area contributed by atoms with Crippen LogP contribution in [0.5, 0.6) is 0 Å². The van der Waals surface area contributed by atoms with Crippen LogP contribution < -0.4 is 5.32 Å². The number of carbonyl (C=O) groups excluding carboxylic acids is 4. The first kappa shape index (κ1) is 38.4. The first-order valence-electron chi connectivity index (χ1n) is 19.2. The Morgan fingerprint density at radius 2 is 1.71 bits per heavy atom. The van der Waals surface area contributed by atoms with Crippen LogP contribution in [0.2, 0.25) is 0 Å². The number of fused-ring (bicyclic) bond motifs is 4. The summed E-state index contributed by atoms with van der Waals surface area (Å²) in [6, 6.07) is 5.79. The normalized spacial score (nSPS) is 30.4. The van der Waals surface area contributed by atoms with E-state index in [-0.39, 0.29) is 43.8 Å². The van der Waals surface area contributed by atoms with Gasteiger partial charge in [-0.25, -0.2) is 0 Å². The predicted molar refractivity (Wildman–Crippen MR) is 191 cm³/mol. The Kier molecular flexibility index (Phi) is 12.1. The molecular weight excluding hydrogens is 668 g/mol. The number of unbranched alkanes of at least 4 members (excludes halogenated alkanes) is 4. The fourth-order valence-corrected chi connectivity index (χ4v) is 8.75. The topological polar surface area (TPSA) is 147 Å². The standard InChI is InChI=1S/C39H56N4O9/c1-5-7-9-19-38(20-10-8-6-2)50-31-29-24-39(37(48)42-22-11-12-28(42)35(46)40-21-23-44)33(36(47)49-29)43(52-34(39)32(31)51-38)25-27-15-13-26(14-16-27)17-18-30(45)41(3)4/h13-18,28-29,31-34,44H,5-12,19-25H2,1-4H3,(H,40,46)/t28-,29?,31+,32+,33+,34-,39?/m1/s1. The quantitative estimate of drug-likeness (QED) is 0.148. The highest BCUT2D eigenvalue weighted by Crippen LogP contribution is 2.59. The van der Waals surface area contributed by atoms with Gasteiger partial charge in [0, 0.05) is 52.5 Å². The molecule has 1 saturated carbocycles. The van der Waals surface area contributed by atoms with E-state index in [9.17, 15) is 19.5 Å². The summed E-state index contributed by atoms with van der Waals surface area (Å²) in [4.78, 5) is 64.6. The summed E-state index contributed by atoms with van der Waals surface area (Å²) in [5, 5.41) is 13.7. The Labute approximate surface area is 306 Å². The number of esters is 1. The van der Waals surface area contributed by atoms with Crippen molar-refractivity contribution >= 4 is 29.8 Å². The Hall–Kier alpha value is -3.36. The number of nitrogens with zero attached hydrogens (tertiary/aromatic N) is 3. The summed E-state index contributed by atoms with van der Waals surface area (Å²) in [6.07, 6.45) is 9.12. The Morgan fingerprint density at radius 1 is 1.02 bits per heavy atom. The lowest BCUT2D eigenvalue weighted by molar-refractivity contribution is -0.225. The maximum Gasteiger partial charge on any atom is 0.327 e. The van der Waals surface area contributed by atoms with Crippen LogP contribution in [-0.2, 0) is 44.8 Å². The number of amides is 3. The summed E-state index contributed by atoms with van der Waals surface area (Å²) >= 11 is 0. The molecule has 13 heteroatoms. The van der Waals surface area contributed by atoms with Crippen LogP contribution >= 0.6 is 0 Å². The van der Waals surface area contributed by atoms with Crippen LogP contribution in [0.15, 0.2) is 30.3 Å². The van der Waals surface area contributed by atoms with E-state index in [0.717, 1.165) is 49.7 Å². The summed E-state index contributed by atoms with van der Waals surface area (Å²) in [7, 11) is 3.39. The van der Waals surface area contributed by atoms with Crippen molar-refractivity contribution < 1.29 is 43.3 Å². The third-order valence-corrected chi connectivity index (χ3v) is 11.4. The second-order valence-corrected chi connectivity index (χ2v) is 15.2. The summed E-state index contributed by atoms with van der Waals surface area (Å²) in [5.41, 5.74) is 0.300. The van der Waals surface area contributed by atoms with Crippen molar-refractivity contribution in [2.24, 2.45) is 5.41 Å². The number of ether oxygens (including phenoxy) is 3. The molecule has 4 saturated heterocycles. The molecule has 2 unspecified atom stereocenters. The van der Waals surface area contributed by atoms with Gasteiger partial charge < -0.3 is 34.4 Å². The van der Waals surface area contributed by atoms with Crippen molar-refractivity contribution in [3.05, 3.63) is 41.5 Å². The summed E-state index contributed by atoms with van der Waals surface area (Å²) in [6.45, 7) is 4.75. The number of aliphatic hydroxyl groups excluding tert-OH is 1. The average Bonchev–Trinajstić information content (AvgIpc) is 3.86. The fourth-order valence-electron chi connectivity index (χ4n) is 8.75. The number of likely N-dealkylation sites (N-methyl/N-ethyl adjacent to an activating group) is 1. The number of rotatable bonds is 16. The molecule has 6 rings (SSSR count). The smallest absolute Gasteiger partial charge is 0.327 e. The molecule has 52 heavy (non-hydrogen) atoms. The van der Waals surface area contributed by atoms with E-state index in [0.29, 0.717) is 32.2 Å². The van der Waals surface area contributed by atoms with Gasteiger partial charge in [0.05, 0.1) is 13.2 Å². The van der Waals surface area contributed by atoms with E-state index >= 15 is 4.79 Å². The molecule has 3 amide bonds. The molecule has 0 aromatic heterocycles. The Bertz CT molecular complexity index is 1470. The van der Waals surface area contributed by atoms with Crippen molar-refractivity contribution in [1.29, 1.82) is 0 Å². The van der Waals surface area contributed by atoms with Crippen LogP contribution in [0.1, 0.15) is 95.6 Å². The first-order chi connectivity index (χ1) is 25.1. The molecular formula is C39H56N4O9. The molecule has 1 aliphatic carbocycles. The minimum Gasteiger partial charge on any atom is -0.458 e. The first-order valence-corrected chi connectivity index (χ1v) is 19.2. The van der Waals surface area contributed by atoms with Crippen molar-refractivity contribution in [2.45, 2.75) is 133 Å². The van der Waals surface area contributed by atoms with Gasteiger partial charge in [0.2, 0.25) is 17.7 Å². The second-order valence-electron chi connectivity index (χ2n) is 15.2. The molecule has 4 heterocycles. The van der Waals surface area contributed by atoms with Gasteiger partial charge in [-0.3, -0.25) is 24.0 Å². The molecule has 2 N–H and O–H groups in total. The molecule has 13 nitrogen and oxygen atoms in total. The fraction of sp³-hybridized carbons (Fsp3) is 0.692. The van der Waals surface area contributed by atoms with Gasteiger partial charge in [0.15, 0.2) is 11.8 Å². The number of nitrogens with one attached hydrogen (secondary N) is 1. The van der Waals surface area contributed by atoms with Crippen LogP contribution in [0.4, 0.5) is 0 Å². The summed E-state index contributed by atoms with van der Waals surface area (Å²) in [5.74, 6) is -2.18. The number of hydrogen-bond donors (Lipinski definition) is 2. The molecule has 7 atom stereocenters. The molecule has 5 fully saturated rings. The van der Waals surface area contributed by atoms with Crippen molar-refractivity contribution in [2.75, 3.05) is 33.8 Å². The maximum absolute atomic E-state index is 15.2. The zero-order chi connectivity index (χ0) is 37.0. The lowest BCUT2D eigenvalue weighted by atomic mass is 9.62. The Balaban J connectivity index is 1.34. The minimum absolute atomic E-state index is 0.0899. The highest BCUT2D eigenvalue weighted by Gasteiger charge is 2.77. The monoisotopic (exact) mass is 724 g/mol. The van der Waals surface area contributed by atoms with Crippen LogP contribution in [-0.4, -0.2) is 120 Å². The van der Waals surface area contributed by atoms with Crippen LogP contribution in [0.25, 0.3) is 6.08 Å². The lowest BCUT2D eigenvalue weighted by Crippen LogP contribution is -2.70. The van der Waals surface area contributed by atoms with E-state index in [4.69, 9.17) is 19.0 Å². The molecule has 0 spiro atoms. The number of aliphatic hydroxyl groups is 1. The highest BCUT2D eigenvalue weighted by atomic mass is 16.8. The predicted octanol–water partition coefficient (Wildman–Crippen LogP) is 3.33. The molecule has 2 bridgehead atoms. The molecule has 0 radical (unpaired) electrons. The molecule has 5 aliphatic rings. The van der Waals surface area contributed by atoms with Crippen molar-refractivity contribution in [1.82, 2.24) is 20.2 Å². The molecule has 1 aromatic carbocycles. The van der Waals surface area contributed by atoms with E-state index in [1.54, 1.807) is 30.1 Å². The van der Waals surface area contributed by atoms with Gasteiger partial charge >= 0.3 is 5.97 Å². The third-order valence-electron chi connectivity index (χ3n) is 11.4. The third kappa shape index (κ3) is 7.39. The van der Waals surface area contributed by atoms with E-state index in [1.165, 1.54) is 11.0 Å². The van der Waals surface area contributed by atoms with Gasteiger partial charge in [-0.05, 0) is 42.9 Å². The number of hydroxylamine groups is 2. The van der Waals surface area contributed by atoms with Crippen molar-refractivity contribution in [3.8, 4) is 0 Å².